The standard InChI is InChI=1S/C11H20N4S/c1-3-5-8(6-4-2)13-9-7-10(16)15-11(12)14-9/h7-8H,3-6H2,1-2H3,(H4,12,13,14,15,16). The van der Waals surface area contributed by atoms with Crippen LogP contribution >= 0.6 is 12.6 Å². The summed E-state index contributed by atoms with van der Waals surface area (Å²) >= 11 is 4.18. The molecule has 0 amide bonds. The molecule has 0 aliphatic carbocycles. The van der Waals surface area contributed by atoms with E-state index in [0.29, 0.717) is 11.1 Å². The summed E-state index contributed by atoms with van der Waals surface area (Å²) in [5.41, 5.74) is 5.57. The average molecular weight is 240 g/mol. The molecule has 1 aromatic heterocycles. The van der Waals surface area contributed by atoms with Crippen LogP contribution < -0.4 is 11.1 Å². The van der Waals surface area contributed by atoms with E-state index in [1.165, 1.54) is 0 Å². The number of anilines is 2. The summed E-state index contributed by atoms with van der Waals surface area (Å²) < 4.78 is 0. The van der Waals surface area contributed by atoms with Crippen LogP contribution in [0.2, 0.25) is 0 Å². The van der Waals surface area contributed by atoms with E-state index >= 15 is 0 Å². The molecule has 0 saturated heterocycles. The molecule has 0 aliphatic heterocycles. The van der Waals surface area contributed by atoms with Gasteiger partial charge in [-0.25, -0.2) is 4.98 Å². The fourth-order valence-corrected chi connectivity index (χ4v) is 1.95. The Kier molecular flexibility index (Phi) is 5.38. The minimum absolute atomic E-state index is 0.266. The number of nitrogens with two attached hydrogens (primary N) is 1. The second kappa shape index (κ2) is 6.58. The van der Waals surface area contributed by atoms with Gasteiger partial charge in [0.25, 0.3) is 0 Å². The Morgan fingerprint density at radius 1 is 1.31 bits per heavy atom. The van der Waals surface area contributed by atoms with Gasteiger partial charge in [0.1, 0.15) is 10.8 Å². The zero-order valence-corrected chi connectivity index (χ0v) is 10.8. The highest BCUT2D eigenvalue weighted by Crippen LogP contribution is 2.15. The van der Waals surface area contributed by atoms with Gasteiger partial charge in [0.15, 0.2) is 0 Å². The molecule has 0 bridgehead atoms. The third-order valence-electron chi connectivity index (χ3n) is 2.36. The number of hydrogen-bond acceptors (Lipinski definition) is 5. The normalized spacial score (nSPS) is 10.8. The number of aromatic nitrogens is 2. The van der Waals surface area contributed by atoms with Gasteiger partial charge in [-0.2, -0.15) is 4.98 Å². The third-order valence-corrected chi connectivity index (χ3v) is 2.59. The van der Waals surface area contributed by atoms with Crippen molar-refractivity contribution in [1.82, 2.24) is 9.97 Å². The van der Waals surface area contributed by atoms with Crippen molar-refractivity contribution in [3.05, 3.63) is 6.07 Å². The first-order valence-corrected chi connectivity index (χ1v) is 6.20. The van der Waals surface area contributed by atoms with E-state index in [0.717, 1.165) is 31.5 Å². The second-order valence-corrected chi connectivity index (χ2v) is 4.35. The Morgan fingerprint density at radius 3 is 2.44 bits per heavy atom. The number of hydrogen-bond donors (Lipinski definition) is 3. The molecule has 90 valence electrons. The molecule has 0 atom stereocenters. The first-order chi connectivity index (χ1) is 7.65. The Hall–Kier alpha value is -0.970. The predicted molar refractivity (Wildman–Crippen MR) is 70.9 cm³/mol. The minimum atomic E-state index is 0.266. The molecule has 5 heteroatoms. The van der Waals surface area contributed by atoms with Crippen LogP contribution in [0.4, 0.5) is 11.8 Å². The molecule has 0 fully saturated rings. The first kappa shape index (κ1) is 13.1. The van der Waals surface area contributed by atoms with Crippen molar-refractivity contribution in [2.24, 2.45) is 0 Å². The van der Waals surface area contributed by atoms with Crippen molar-refractivity contribution in [1.29, 1.82) is 0 Å². The molecule has 1 heterocycles. The van der Waals surface area contributed by atoms with Crippen LogP contribution in [0.25, 0.3) is 0 Å². The van der Waals surface area contributed by atoms with Gasteiger partial charge in [-0.05, 0) is 12.8 Å². The highest BCUT2D eigenvalue weighted by atomic mass is 32.1. The van der Waals surface area contributed by atoms with Crippen molar-refractivity contribution in [3.63, 3.8) is 0 Å². The monoisotopic (exact) mass is 240 g/mol. The van der Waals surface area contributed by atoms with Crippen molar-refractivity contribution in [2.75, 3.05) is 11.1 Å². The molecule has 1 aromatic rings. The highest BCUT2D eigenvalue weighted by Gasteiger charge is 2.08. The molecule has 0 saturated carbocycles. The second-order valence-electron chi connectivity index (χ2n) is 3.89. The van der Waals surface area contributed by atoms with Crippen LogP contribution in [0.15, 0.2) is 11.1 Å². The molecular formula is C11H20N4S. The Labute approximate surface area is 102 Å². The van der Waals surface area contributed by atoms with E-state index in [4.69, 9.17) is 5.73 Å². The number of thiol groups is 1. The summed E-state index contributed by atoms with van der Waals surface area (Å²) in [7, 11) is 0. The SMILES string of the molecule is CCCC(CCC)Nc1cc(S)nc(N)n1. The average Bonchev–Trinajstić information content (AvgIpc) is 2.16. The van der Waals surface area contributed by atoms with Gasteiger partial charge >= 0.3 is 0 Å². The third kappa shape index (κ3) is 4.26. The van der Waals surface area contributed by atoms with E-state index in [9.17, 15) is 0 Å². The van der Waals surface area contributed by atoms with Gasteiger partial charge in [-0.15, -0.1) is 12.6 Å². The topological polar surface area (TPSA) is 63.8 Å². The maximum absolute atomic E-state index is 5.57. The van der Waals surface area contributed by atoms with Crippen LogP contribution in [-0.2, 0) is 0 Å². The number of rotatable bonds is 6. The summed E-state index contributed by atoms with van der Waals surface area (Å²) in [6.07, 6.45) is 4.59. The zero-order valence-electron chi connectivity index (χ0n) is 9.90. The van der Waals surface area contributed by atoms with E-state index < -0.39 is 0 Å². The molecule has 1 rings (SSSR count). The molecule has 0 spiro atoms. The lowest BCUT2D eigenvalue weighted by Gasteiger charge is -2.18. The van der Waals surface area contributed by atoms with Crippen LogP contribution in [-0.4, -0.2) is 16.0 Å². The van der Waals surface area contributed by atoms with Crippen molar-refractivity contribution >= 4 is 24.4 Å². The zero-order chi connectivity index (χ0) is 12.0. The van der Waals surface area contributed by atoms with Gasteiger partial charge in [0.2, 0.25) is 5.95 Å². The summed E-state index contributed by atoms with van der Waals surface area (Å²) in [6, 6.07) is 2.26. The molecule has 0 unspecified atom stereocenters. The lowest BCUT2D eigenvalue weighted by atomic mass is 10.1. The number of nitrogens with zero attached hydrogens (tertiary/aromatic N) is 2. The first-order valence-electron chi connectivity index (χ1n) is 5.75. The van der Waals surface area contributed by atoms with Gasteiger partial charge < -0.3 is 11.1 Å². The van der Waals surface area contributed by atoms with E-state index in [-0.39, 0.29) is 5.95 Å². The van der Waals surface area contributed by atoms with Crippen LogP contribution in [0, 0.1) is 0 Å². The van der Waals surface area contributed by atoms with Crippen molar-refractivity contribution < 1.29 is 0 Å². The largest absolute Gasteiger partial charge is 0.368 e. The van der Waals surface area contributed by atoms with Crippen LogP contribution in [0.1, 0.15) is 39.5 Å². The Balaban J connectivity index is 2.68. The van der Waals surface area contributed by atoms with E-state index in [1.807, 2.05) is 0 Å². The summed E-state index contributed by atoms with van der Waals surface area (Å²) in [5, 5.41) is 3.98. The molecule has 16 heavy (non-hydrogen) atoms. The Morgan fingerprint density at radius 2 is 1.94 bits per heavy atom. The van der Waals surface area contributed by atoms with Gasteiger partial charge in [0, 0.05) is 12.1 Å². The van der Waals surface area contributed by atoms with Gasteiger partial charge in [-0.1, -0.05) is 26.7 Å². The van der Waals surface area contributed by atoms with E-state index in [2.05, 4.69) is 41.8 Å². The molecular weight excluding hydrogens is 220 g/mol. The van der Waals surface area contributed by atoms with Crippen LogP contribution in [0.5, 0.6) is 0 Å². The smallest absolute Gasteiger partial charge is 0.223 e. The summed E-state index contributed by atoms with van der Waals surface area (Å²) in [4.78, 5) is 8.07. The molecule has 0 radical (unpaired) electrons. The maximum atomic E-state index is 5.57. The fraction of sp³-hybridized carbons (Fsp3) is 0.636. The lowest BCUT2D eigenvalue weighted by molar-refractivity contribution is 0.584. The molecule has 0 aliphatic rings. The Bertz CT molecular complexity index is 304. The summed E-state index contributed by atoms with van der Waals surface area (Å²) in [6.45, 7) is 4.37. The van der Waals surface area contributed by atoms with Crippen LogP contribution in [0.3, 0.4) is 0 Å². The quantitative estimate of drug-likeness (QED) is 0.528. The highest BCUT2D eigenvalue weighted by molar-refractivity contribution is 7.80. The van der Waals surface area contributed by atoms with Crippen molar-refractivity contribution in [2.45, 2.75) is 50.6 Å². The summed E-state index contributed by atoms with van der Waals surface area (Å²) in [5.74, 6) is 1.03. The molecule has 3 N–H and O–H groups in total. The minimum Gasteiger partial charge on any atom is -0.368 e. The molecule has 4 nitrogen and oxygen atoms in total. The molecule has 0 aromatic carbocycles. The maximum Gasteiger partial charge on any atom is 0.223 e. The fourth-order valence-electron chi connectivity index (χ4n) is 1.72. The van der Waals surface area contributed by atoms with Crippen molar-refractivity contribution in [3.8, 4) is 0 Å². The van der Waals surface area contributed by atoms with Gasteiger partial charge in [-0.3, -0.25) is 0 Å². The lowest BCUT2D eigenvalue weighted by Crippen LogP contribution is -2.20. The predicted octanol–water partition coefficient (Wildman–Crippen LogP) is 2.73. The van der Waals surface area contributed by atoms with Gasteiger partial charge in [0.05, 0.1) is 0 Å². The number of nitrogens with one attached hydrogen (secondary N) is 1. The van der Waals surface area contributed by atoms with E-state index in [1.54, 1.807) is 6.07 Å². The number of nitrogen functional groups attached to an aromatic ring is 1.